The Labute approximate surface area is 83.3 Å². The number of benzene rings is 1. The second-order valence-electron chi connectivity index (χ2n) is 3.00. The van der Waals surface area contributed by atoms with E-state index >= 15 is 0 Å². The van der Waals surface area contributed by atoms with Crippen LogP contribution in [0.2, 0.25) is 0 Å². The summed E-state index contributed by atoms with van der Waals surface area (Å²) in [5.74, 6) is 5.66. The number of aryl methyl sites for hydroxylation is 2. The van der Waals surface area contributed by atoms with Crippen LogP contribution >= 0.6 is 12.2 Å². The van der Waals surface area contributed by atoms with Crippen LogP contribution in [0.25, 0.3) is 0 Å². The first-order chi connectivity index (χ1) is 6.02. The van der Waals surface area contributed by atoms with E-state index in [9.17, 15) is 0 Å². The molecule has 0 heterocycles. The zero-order valence-corrected chi connectivity index (χ0v) is 8.56. The Kier molecular flexibility index (Phi) is 2.85. The number of anilines is 1. The molecule has 0 aliphatic carbocycles. The molecule has 1 aromatic rings. The zero-order chi connectivity index (χ0) is 10.0. The highest BCUT2D eigenvalue weighted by molar-refractivity contribution is 7.80. The molecule has 0 aromatic heterocycles. The van der Waals surface area contributed by atoms with E-state index in [4.69, 9.17) is 23.8 Å². The minimum absolute atomic E-state index is 0.173. The van der Waals surface area contributed by atoms with E-state index in [1.807, 2.05) is 32.0 Å². The first-order valence-electron chi connectivity index (χ1n) is 3.94. The van der Waals surface area contributed by atoms with Gasteiger partial charge in [0.25, 0.3) is 0 Å². The molecule has 1 rings (SSSR count). The lowest BCUT2D eigenvalue weighted by Gasteiger charge is -2.18. The number of nitrogens with zero attached hydrogens (tertiary/aromatic N) is 1. The van der Waals surface area contributed by atoms with E-state index < -0.39 is 0 Å². The van der Waals surface area contributed by atoms with E-state index in [1.54, 1.807) is 0 Å². The van der Waals surface area contributed by atoms with Crippen molar-refractivity contribution in [2.45, 2.75) is 13.8 Å². The van der Waals surface area contributed by atoms with Crippen molar-refractivity contribution < 1.29 is 0 Å². The first kappa shape index (κ1) is 9.95. The molecule has 0 atom stereocenters. The van der Waals surface area contributed by atoms with Gasteiger partial charge in [-0.05, 0) is 37.7 Å². The van der Waals surface area contributed by atoms with Gasteiger partial charge in [-0.3, -0.25) is 5.01 Å². The molecule has 0 saturated heterocycles. The summed E-state index contributed by atoms with van der Waals surface area (Å²) in [5, 5.41) is 1.48. The molecular formula is C9H13N3S. The Morgan fingerprint density at radius 1 is 1.38 bits per heavy atom. The summed E-state index contributed by atoms with van der Waals surface area (Å²) in [7, 11) is 0. The van der Waals surface area contributed by atoms with Crippen molar-refractivity contribution in [3.05, 3.63) is 29.3 Å². The molecule has 0 fully saturated rings. The largest absolute Gasteiger partial charge is 0.375 e. The number of thiocarbonyl (C=S) groups is 1. The van der Waals surface area contributed by atoms with E-state index in [-0.39, 0.29) is 5.11 Å². The summed E-state index contributed by atoms with van der Waals surface area (Å²) in [6.45, 7) is 4.00. The van der Waals surface area contributed by atoms with E-state index in [0.29, 0.717) is 0 Å². The highest BCUT2D eigenvalue weighted by Crippen LogP contribution is 2.18. The molecule has 0 aliphatic rings. The number of nitrogens with two attached hydrogens (primary N) is 2. The third-order valence-corrected chi connectivity index (χ3v) is 2.05. The SMILES string of the molecule is Cc1ccc(N(N)C(N)=S)c(C)c1. The molecule has 70 valence electrons. The van der Waals surface area contributed by atoms with Gasteiger partial charge in [-0.25, -0.2) is 5.84 Å². The lowest BCUT2D eigenvalue weighted by atomic mass is 10.1. The molecule has 1 aromatic carbocycles. The number of hydrogen-bond donors (Lipinski definition) is 2. The third kappa shape index (κ3) is 2.17. The van der Waals surface area contributed by atoms with Crippen molar-refractivity contribution in [3.8, 4) is 0 Å². The van der Waals surface area contributed by atoms with Gasteiger partial charge in [0.1, 0.15) is 0 Å². The number of hydrogen-bond acceptors (Lipinski definition) is 2. The lowest BCUT2D eigenvalue weighted by Crippen LogP contribution is -2.41. The molecule has 0 spiro atoms. The summed E-state index contributed by atoms with van der Waals surface area (Å²) >= 11 is 4.77. The molecule has 0 amide bonds. The van der Waals surface area contributed by atoms with Crippen LogP contribution in [0.1, 0.15) is 11.1 Å². The molecule has 13 heavy (non-hydrogen) atoms. The maximum absolute atomic E-state index is 5.66. The van der Waals surface area contributed by atoms with Gasteiger partial charge in [0, 0.05) is 0 Å². The van der Waals surface area contributed by atoms with Gasteiger partial charge in [-0.15, -0.1) is 0 Å². The van der Waals surface area contributed by atoms with Gasteiger partial charge in [-0.1, -0.05) is 17.7 Å². The molecule has 0 bridgehead atoms. The van der Waals surface area contributed by atoms with Gasteiger partial charge < -0.3 is 5.73 Å². The van der Waals surface area contributed by atoms with Crippen LogP contribution in [-0.2, 0) is 0 Å². The van der Waals surface area contributed by atoms with E-state index in [1.165, 1.54) is 10.6 Å². The second-order valence-corrected chi connectivity index (χ2v) is 3.42. The van der Waals surface area contributed by atoms with Crippen LogP contribution in [-0.4, -0.2) is 5.11 Å². The van der Waals surface area contributed by atoms with Crippen molar-refractivity contribution in [3.63, 3.8) is 0 Å². The molecule has 0 radical (unpaired) electrons. The Bertz CT molecular complexity index is 336. The zero-order valence-electron chi connectivity index (χ0n) is 7.74. The Balaban J connectivity index is 3.08. The standard InChI is InChI=1S/C9H13N3S/c1-6-3-4-8(7(2)5-6)12(11)9(10)13/h3-5H,11H2,1-2H3,(H2,10,13). The molecule has 4 heteroatoms. The predicted molar refractivity (Wildman–Crippen MR) is 59.4 cm³/mol. The summed E-state index contributed by atoms with van der Waals surface area (Å²) in [6, 6.07) is 5.91. The van der Waals surface area contributed by atoms with Crippen LogP contribution in [0, 0.1) is 13.8 Å². The Morgan fingerprint density at radius 2 is 2.00 bits per heavy atom. The monoisotopic (exact) mass is 195 g/mol. The quantitative estimate of drug-likeness (QED) is 0.402. The summed E-state index contributed by atoms with van der Waals surface area (Å²) < 4.78 is 0. The summed E-state index contributed by atoms with van der Waals surface area (Å²) in [4.78, 5) is 0. The van der Waals surface area contributed by atoms with Crippen molar-refractivity contribution >= 4 is 23.0 Å². The molecule has 4 N–H and O–H groups in total. The van der Waals surface area contributed by atoms with E-state index in [0.717, 1.165) is 11.3 Å². The summed E-state index contributed by atoms with van der Waals surface area (Å²) in [5.41, 5.74) is 8.51. The number of hydrazine groups is 1. The van der Waals surface area contributed by atoms with Gasteiger partial charge in [0.15, 0.2) is 5.11 Å². The van der Waals surface area contributed by atoms with Crippen LogP contribution in [0.15, 0.2) is 18.2 Å². The van der Waals surface area contributed by atoms with Crippen LogP contribution in [0.4, 0.5) is 5.69 Å². The smallest absolute Gasteiger partial charge is 0.185 e. The van der Waals surface area contributed by atoms with Crippen molar-refractivity contribution in [2.75, 3.05) is 5.01 Å². The maximum atomic E-state index is 5.66. The van der Waals surface area contributed by atoms with Crippen LogP contribution in [0.5, 0.6) is 0 Å². The second kappa shape index (κ2) is 3.72. The minimum Gasteiger partial charge on any atom is -0.375 e. The highest BCUT2D eigenvalue weighted by Gasteiger charge is 2.06. The van der Waals surface area contributed by atoms with Crippen molar-refractivity contribution in [2.24, 2.45) is 11.6 Å². The average molecular weight is 195 g/mol. The normalized spacial score (nSPS) is 9.77. The third-order valence-electron chi connectivity index (χ3n) is 1.85. The number of rotatable bonds is 1. The van der Waals surface area contributed by atoms with Gasteiger partial charge >= 0.3 is 0 Å². The van der Waals surface area contributed by atoms with Gasteiger partial charge in [0.05, 0.1) is 5.69 Å². The van der Waals surface area contributed by atoms with Crippen molar-refractivity contribution in [1.82, 2.24) is 0 Å². The highest BCUT2D eigenvalue weighted by atomic mass is 32.1. The first-order valence-corrected chi connectivity index (χ1v) is 4.34. The van der Waals surface area contributed by atoms with E-state index in [2.05, 4.69) is 0 Å². The average Bonchev–Trinajstić information content (AvgIpc) is 2.03. The molecule has 0 saturated carbocycles. The molecular weight excluding hydrogens is 182 g/mol. The lowest BCUT2D eigenvalue weighted by molar-refractivity contribution is 1.11. The fourth-order valence-electron chi connectivity index (χ4n) is 1.19. The van der Waals surface area contributed by atoms with Gasteiger partial charge in [0.2, 0.25) is 0 Å². The molecule has 3 nitrogen and oxygen atoms in total. The van der Waals surface area contributed by atoms with Crippen LogP contribution in [0.3, 0.4) is 0 Å². The summed E-state index contributed by atoms with van der Waals surface area (Å²) in [6.07, 6.45) is 0. The maximum Gasteiger partial charge on any atom is 0.185 e. The van der Waals surface area contributed by atoms with Gasteiger partial charge in [-0.2, -0.15) is 0 Å². The minimum atomic E-state index is 0.173. The molecule has 0 unspecified atom stereocenters. The van der Waals surface area contributed by atoms with Crippen molar-refractivity contribution in [1.29, 1.82) is 0 Å². The van der Waals surface area contributed by atoms with Crippen LogP contribution < -0.4 is 16.6 Å². The predicted octanol–water partition coefficient (Wildman–Crippen LogP) is 1.23. The Hall–Kier alpha value is -1.13. The fraction of sp³-hybridized carbons (Fsp3) is 0.222. The molecule has 0 aliphatic heterocycles. The Morgan fingerprint density at radius 3 is 2.46 bits per heavy atom. The topological polar surface area (TPSA) is 55.3 Å². The fourth-order valence-corrected chi connectivity index (χ4v) is 1.29.